The molecule has 31 heavy (non-hydrogen) atoms. The van der Waals surface area contributed by atoms with E-state index in [0.717, 1.165) is 22.2 Å². The normalized spacial score (nSPS) is 12.4. The van der Waals surface area contributed by atoms with Crippen molar-refractivity contribution in [2.24, 2.45) is 0 Å². The van der Waals surface area contributed by atoms with Crippen LogP contribution in [0.4, 0.5) is 10.1 Å². The van der Waals surface area contributed by atoms with Crippen LogP contribution in [0.5, 0.6) is 0 Å². The van der Waals surface area contributed by atoms with E-state index < -0.39 is 27.8 Å². The Bertz CT molecular complexity index is 1150. The average Bonchev–Trinajstić information content (AvgIpc) is 3.20. The SMILES string of the molecule is CC[C@H](C(=O)N(C)Cc1nc(-c2ccccc2)no1)N(c1ccccc1F)S(C)(=O)=O. The summed E-state index contributed by atoms with van der Waals surface area (Å²) in [7, 11) is -2.44. The molecule has 1 atom stereocenters. The monoisotopic (exact) mass is 446 g/mol. The van der Waals surface area contributed by atoms with Crippen molar-refractivity contribution in [2.75, 3.05) is 17.6 Å². The van der Waals surface area contributed by atoms with E-state index in [1.807, 2.05) is 30.3 Å². The fourth-order valence-corrected chi connectivity index (χ4v) is 4.41. The minimum atomic E-state index is -3.94. The lowest BCUT2D eigenvalue weighted by atomic mass is 10.1. The molecule has 10 heteroatoms. The number of sulfonamides is 1. The van der Waals surface area contributed by atoms with E-state index in [1.165, 1.54) is 30.1 Å². The predicted molar refractivity (Wildman–Crippen MR) is 114 cm³/mol. The molecule has 2 aromatic carbocycles. The standard InChI is InChI=1S/C21H23FN4O4S/c1-4-17(26(31(3,28)29)18-13-9-8-12-16(18)22)21(27)25(2)14-19-23-20(24-30-19)15-10-6-5-7-11-15/h5-13,17H,4,14H2,1-3H3/t17-/m1/s1. The lowest BCUT2D eigenvalue weighted by Gasteiger charge is -2.32. The van der Waals surface area contributed by atoms with Crippen molar-refractivity contribution in [2.45, 2.75) is 25.9 Å². The highest BCUT2D eigenvalue weighted by Crippen LogP contribution is 2.26. The van der Waals surface area contributed by atoms with E-state index >= 15 is 0 Å². The number of aromatic nitrogens is 2. The second-order valence-electron chi connectivity index (χ2n) is 7.01. The number of carbonyl (C=O) groups excluding carboxylic acids is 1. The number of anilines is 1. The first kappa shape index (κ1) is 22.4. The van der Waals surface area contributed by atoms with Crippen molar-refractivity contribution in [1.82, 2.24) is 15.0 Å². The van der Waals surface area contributed by atoms with E-state index in [2.05, 4.69) is 10.1 Å². The minimum absolute atomic E-state index is 0.0238. The van der Waals surface area contributed by atoms with Gasteiger partial charge in [0, 0.05) is 12.6 Å². The molecule has 8 nitrogen and oxygen atoms in total. The molecule has 3 aromatic rings. The summed E-state index contributed by atoms with van der Waals surface area (Å²) in [6, 6.07) is 13.5. The van der Waals surface area contributed by atoms with Gasteiger partial charge in [-0.3, -0.25) is 9.10 Å². The molecule has 0 bridgehead atoms. The smallest absolute Gasteiger partial charge is 0.246 e. The first-order valence-electron chi connectivity index (χ1n) is 9.59. The Morgan fingerprint density at radius 2 is 1.77 bits per heavy atom. The van der Waals surface area contributed by atoms with Crippen molar-refractivity contribution in [3.8, 4) is 11.4 Å². The predicted octanol–water partition coefficient (Wildman–Crippen LogP) is 3.08. The van der Waals surface area contributed by atoms with Crippen LogP contribution < -0.4 is 4.31 Å². The highest BCUT2D eigenvalue weighted by atomic mass is 32.2. The number of carbonyl (C=O) groups is 1. The van der Waals surface area contributed by atoms with Crippen LogP contribution in [0.2, 0.25) is 0 Å². The van der Waals surface area contributed by atoms with Gasteiger partial charge in [-0.15, -0.1) is 0 Å². The maximum atomic E-state index is 14.4. The summed E-state index contributed by atoms with van der Waals surface area (Å²) in [6.45, 7) is 1.64. The van der Waals surface area contributed by atoms with Gasteiger partial charge in [-0.25, -0.2) is 12.8 Å². The van der Waals surface area contributed by atoms with Gasteiger partial charge in [0.25, 0.3) is 0 Å². The quantitative estimate of drug-likeness (QED) is 0.528. The highest BCUT2D eigenvalue weighted by molar-refractivity contribution is 7.92. The molecular weight excluding hydrogens is 423 g/mol. The van der Waals surface area contributed by atoms with Crippen molar-refractivity contribution >= 4 is 21.6 Å². The average molecular weight is 447 g/mol. The van der Waals surface area contributed by atoms with Crippen LogP contribution in [0.3, 0.4) is 0 Å². The fourth-order valence-electron chi connectivity index (χ4n) is 3.21. The van der Waals surface area contributed by atoms with Crippen LogP contribution in [0.25, 0.3) is 11.4 Å². The van der Waals surface area contributed by atoms with Gasteiger partial charge >= 0.3 is 0 Å². The Labute approximate surface area is 180 Å². The van der Waals surface area contributed by atoms with Crippen LogP contribution in [-0.4, -0.2) is 48.7 Å². The number of para-hydroxylation sites is 1. The summed E-state index contributed by atoms with van der Waals surface area (Å²) >= 11 is 0. The van der Waals surface area contributed by atoms with Crippen LogP contribution in [-0.2, 0) is 21.4 Å². The molecule has 0 aliphatic heterocycles. The number of hydrogen-bond donors (Lipinski definition) is 0. The molecule has 0 aliphatic rings. The highest BCUT2D eigenvalue weighted by Gasteiger charge is 2.35. The van der Waals surface area contributed by atoms with E-state index in [-0.39, 0.29) is 24.5 Å². The van der Waals surface area contributed by atoms with E-state index in [0.29, 0.717) is 5.82 Å². The summed E-state index contributed by atoms with van der Waals surface area (Å²) in [6.07, 6.45) is 1.09. The third-order valence-corrected chi connectivity index (χ3v) is 5.82. The maximum Gasteiger partial charge on any atom is 0.246 e. The Kier molecular flexibility index (Phi) is 6.69. The zero-order chi connectivity index (χ0) is 22.6. The molecule has 164 valence electrons. The number of likely N-dealkylation sites (N-methyl/N-ethyl adjacent to an activating group) is 1. The van der Waals surface area contributed by atoms with Crippen LogP contribution >= 0.6 is 0 Å². The van der Waals surface area contributed by atoms with Gasteiger partial charge in [0.15, 0.2) is 0 Å². The van der Waals surface area contributed by atoms with Gasteiger partial charge in [0.05, 0.1) is 18.5 Å². The van der Waals surface area contributed by atoms with Crippen LogP contribution in [0.1, 0.15) is 19.2 Å². The first-order chi connectivity index (χ1) is 14.7. The molecule has 0 spiro atoms. The summed E-state index contributed by atoms with van der Waals surface area (Å²) in [4.78, 5) is 18.7. The summed E-state index contributed by atoms with van der Waals surface area (Å²) < 4.78 is 45.4. The Morgan fingerprint density at radius 3 is 2.39 bits per heavy atom. The third-order valence-electron chi connectivity index (χ3n) is 4.65. The lowest BCUT2D eigenvalue weighted by Crippen LogP contribution is -2.49. The number of halogens is 1. The summed E-state index contributed by atoms with van der Waals surface area (Å²) in [5.41, 5.74) is 0.587. The molecule has 0 saturated heterocycles. The zero-order valence-corrected chi connectivity index (χ0v) is 18.2. The van der Waals surface area contributed by atoms with Crippen molar-refractivity contribution in [3.05, 3.63) is 66.3 Å². The van der Waals surface area contributed by atoms with Gasteiger partial charge in [-0.2, -0.15) is 4.98 Å². The maximum absolute atomic E-state index is 14.4. The molecule has 1 heterocycles. The van der Waals surface area contributed by atoms with Gasteiger partial charge in [0.2, 0.25) is 27.6 Å². The van der Waals surface area contributed by atoms with Gasteiger partial charge in [-0.05, 0) is 18.6 Å². The number of amides is 1. The zero-order valence-electron chi connectivity index (χ0n) is 17.4. The van der Waals surface area contributed by atoms with Crippen molar-refractivity contribution in [3.63, 3.8) is 0 Å². The van der Waals surface area contributed by atoms with Gasteiger partial charge in [-0.1, -0.05) is 54.5 Å². The molecule has 0 radical (unpaired) electrons. The van der Waals surface area contributed by atoms with Gasteiger partial charge in [0.1, 0.15) is 11.9 Å². The first-order valence-corrected chi connectivity index (χ1v) is 11.4. The molecule has 0 unspecified atom stereocenters. The van der Waals surface area contributed by atoms with Crippen LogP contribution in [0.15, 0.2) is 59.1 Å². The number of nitrogens with zero attached hydrogens (tertiary/aromatic N) is 4. The van der Waals surface area contributed by atoms with Crippen molar-refractivity contribution < 1.29 is 22.1 Å². The number of rotatable bonds is 8. The summed E-state index contributed by atoms with van der Waals surface area (Å²) in [5.74, 6) is -0.671. The molecule has 1 amide bonds. The molecule has 0 fully saturated rings. The summed E-state index contributed by atoms with van der Waals surface area (Å²) in [5, 5.41) is 3.92. The molecular formula is C21H23FN4O4S. The second kappa shape index (κ2) is 9.25. The topological polar surface area (TPSA) is 96.6 Å². The second-order valence-corrected chi connectivity index (χ2v) is 8.87. The molecule has 0 saturated carbocycles. The molecule has 0 aliphatic carbocycles. The fraction of sp³-hybridized carbons (Fsp3) is 0.286. The van der Waals surface area contributed by atoms with Gasteiger partial charge < -0.3 is 9.42 Å². The van der Waals surface area contributed by atoms with E-state index in [1.54, 1.807) is 6.92 Å². The minimum Gasteiger partial charge on any atom is -0.337 e. The number of benzene rings is 2. The lowest BCUT2D eigenvalue weighted by molar-refractivity contribution is -0.132. The van der Waals surface area contributed by atoms with E-state index in [9.17, 15) is 17.6 Å². The molecule has 1 aromatic heterocycles. The number of hydrogen-bond acceptors (Lipinski definition) is 6. The Balaban J connectivity index is 1.83. The van der Waals surface area contributed by atoms with Crippen molar-refractivity contribution in [1.29, 1.82) is 0 Å². The molecule has 0 N–H and O–H groups in total. The molecule has 3 rings (SSSR count). The Hall–Kier alpha value is -3.27. The third kappa shape index (κ3) is 5.08. The van der Waals surface area contributed by atoms with E-state index in [4.69, 9.17) is 4.52 Å². The Morgan fingerprint density at radius 1 is 1.13 bits per heavy atom. The van der Waals surface area contributed by atoms with Crippen LogP contribution in [0, 0.1) is 5.82 Å². The largest absolute Gasteiger partial charge is 0.337 e.